The first-order valence-electron chi connectivity index (χ1n) is 13.1. The fraction of sp³-hybridized carbons (Fsp3) is 0.258. The number of carbonyl (C=O) groups is 3. The lowest BCUT2D eigenvalue weighted by Crippen LogP contribution is -2.29. The van der Waals surface area contributed by atoms with Gasteiger partial charge < -0.3 is 30.4 Å². The maximum Gasteiger partial charge on any atom is 0.412 e. The third-order valence-electron chi connectivity index (χ3n) is 6.13. The van der Waals surface area contributed by atoms with E-state index in [-0.39, 0.29) is 23.2 Å². The number of allylic oxidation sites excluding steroid dienone is 1. The number of benzene rings is 3. The van der Waals surface area contributed by atoms with E-state index in [1.807, 2.05) is 6.92 Å². The van der Waals surface area contributed by atoms with E-state index in [9.17, 15) is 19.5 Å². The van der Waals surface area contributed by atoms with Crippen LogP contribution in [0.2, 0.25) is 0 Å². The first-order valence-corrected chi connectivity index (χ1v) is 13.1. The van der Waals surface area contributed by atoms with Gasteiger partial charge in [-0.05, 0) is 86.9 Å². The molecule has 10 nitrogen and oxygen atoms in total. The summed E-state index contributed by atoms with van der Waals surface area (Å²) in [6.07, 6.45) is 1.65. The second-order valence-corrected chi connectivity index (χ2v) is 9.07. The fourth-order valence-electron chi connectivity index (χ4n) is 4.07. The van der Waals surface area contributed by atoms with Crippen LogP contribution in [0.15, 0.2) is 78.9 Å². The first kappa shape index (κ1) is 30.7. The summed E-state index contributed by atoms with van der Waals surface area (Å²) in [7, 11) is 1.44. The highest BCUT2D eigenvalue weighted by atomic mass is 16.6. The van der Waals surface area contributed by atoms with Crippen molar-refractivity contribution < 1.29 is 33.7 Å². The molecule has 0 saturated heterocycles. The van der Waals surface area contributed by atoms with Crippen molar-refractivity contribution in [2.45, 2.75) is 38.9 Å². The Hall–Kier alpha value is -4.83. The van der Waals surface area contributed by atoms with Crippen molar-refractivity contribution >= 4 is 34.8 Å². The lowest BCUT2D eigenvalue weighted by molar-refractivity contribution is -0.111. The summed E-state index contributed by atoms with van der Waals surface area (Å²) in [6.45, 7) is 3.61. The molecule has 2 atom stereocenters. The van der Waals surface area contributed by atoms with Gasteiger partial charge in [0.1, 0.15) is 0 Å². The molecule has 41 heavy (non-hydrogen) atoms. The SMILES string of the molecule is CCO[C@@H](CC/C=C/C(=O)Nc1ccccc1N)[C@@H](OC(=O)Nc1ccc(C(C)=O)cc1)c1ccc(OC)c(O)c1. The van der Waals surface area contributed by atoms with E-state index in [1.165, 1.54) is 26.2 Å². The van der Waals surface area contributed by atoms with Gasteiger partial charge in [0.2, 0.25) is 5.91 Å². The van der Waals surface area contributed by atoms with Gasteiger partial charge in [-0.2, -0.15) is 0 Å². The molecule has 0 fully saturated rings. The average molecular weight is 562 g/mol. The molecule has 3 aromatic carbocycles. The number of phenols is 1. The maximum atomic E-state index is 12.9. The number of amides is 2. The number of nitrogens with two attached hydrogens (primary N) is 1. The summed E-state index contributed by atoms with van der Waals surface area (Å²) < 4.78 is 16.9. The molecule has 0 unspecified atom stereocenters. The van der Waals surface area contributed by atoms with E-state index in [4.69, 9.17) is 19.9 Å². The zero-order chi connectivity index (χ0) is 29.8. The molecule has 0 saturated carbocycles. The van der Waals surface area contributed by atoms with Gasteiger partial charge in [-0.25, -0.2) is 4.79 Å². The first-order chi connectivity index (χ1) is 19.7. The van der Waals surface area contributed by atoms with Crippen LogP contribution in [0.5, 0.6) is 11.5 Å². The monoisotopic (exact) mass is 561 g/mol. The number of nitrogens with one attached hydrogen (secondary N) is 2. The van der Waals surface area contributed by atoms with Crippen LogP contribution in [0.1, 0.15) is 48.7 Å². The Morgan fingerprint density at radius 1 is 1.02 bits per heavy atom. The number of phenolic OH excluding ortho intramolecular Hbond substituents is 1. The highest BCUT2D eigenvalue weighted by Crippen LogP contribution is 2.34. The van der Waals surface area contributed by atoms with Gasteiger partial charge in [-0.1, -0.05) is 24.3 Å². The van der Waals surface area contributed by atoms with Gasteiger partial charge in [-0.15, -0.1) is 0 Å². The largest absolute Gasteiger partial charge is 0.504 e. The molecule has 0 heterocycles. The van der Waals surface area contributed by atoms with Crippen molar-refractivity contribution in [3.8, 4) is 11.5 Å². The van der Waals surface area contributed by atoms with Gasteiger partial charge >= 0.3 is 6.09 Å². The quantitative estimate of drug-likeness (QED) is 0.115. The van der Waals surface area contributed by atoms with E-state index in [0.717, 1.165) is 0 Å². The molecule has 3 aromatic rings. The van der Waals surface area contributed by atoms with Crippen LogP contribution < -0.4 is 21.1 Å². The van der Waals surface area contributed by atoms with Gasteiger partial charge in [0.05, 0.1) is 24.6 Å². The van der Waals surface area contributed by atoms with Crippen LogP contribution in [0.4, 0.5) is 21.9 Å². The molecule has 5 N–H and O–H groups in total. The number of carbonyl (C=O) groups excluding carboxylic acids is 3. The molecule has 0 radical (unpaired) electrons. The smallest absolute Gasteiger partial charge is 0.412 e. The number of rotatable bonds is 13. The molecule has 0 aliphatic rings. The van der Waals surface area contributed by atoms with Crippen LogP contribution in [-0.2, 0) is 14.3 Å². The van der Waals surface area contributed by atoms with Gasteiger partial charge in [-0.3, -0.25) is 14.9 Å². The zero-order valence-electron chi connectivity index (χ0n) is 23.3. The highest BCUT2D eigenvalue weighted by Gasteiger charge is 2.28. The Balaban J connectivity index is 1.74. The van der Waals surface area contributed by atoms with E-state index in [1.54, 1.807) is 66.7 Å². The summed E-state index contributed by atoms with van der Waals surface area (Å²) >= 11 is 0. The fourth-order valence-corrected chi connectivity index (χ4v) is 4.07. The Morgan fingerprint density at radius 2 is 1.76 bits per heavy atom. The van der Waals surface area contributed by atoms with Gasteiger partial charge in [0.15, 0.2) is 23.4 Å². The number of aromatic hydroxyl groups is 1. The molecule has 10 heteroatoms. The van der Waals surface area contributed by atoms with Crippen molar-refractivity contribution in [3.05, 3.63) is 90.0 Å². The molecular formula is C31H35N3O7. The van der Waals surface area contributed by atoms with Crippen molar-refractivity contribution in [1.82, 2.24) is 0 Å². The van der Waals surface area contributed by atoms with Crippen LogP contribution in [0, 0.1) is 0 Å². The van der Waals surface area contributed by atoms with Crippen molar-refractivity contribution in [2.24, 2.45) is 0 Å². The predicted molar refractivity (Wildman–Crippen MR) is 157 cm³/mol. The number of nitrogen functional groups attached to an aromatic ring is 1. The normalized spacial score (nSPS) is 12.4. The average Bonchev–Trinajstić information content (AvgIpc) is 2.95. The minimum Gasteiger partial charge on any atom is -0.504 e. The third-order valence-corrected chi connectivity index (χ3v) is 6.13. The number of anilines is 3. The summed E-state index contributed by atoms with van der Waals surface area (Å²) in [4.78, 5) is 36.8. The van der Waals surface area contributed by atoms with Crippen LogP contribution in [0.3, 0.4) is 0 Å². The number of Topliss-reactive ketones (excluding diaryl/α,β-unsaturated/α-hetero) is 1. The van der Waals surface area contributed by atoms with Crippen LogP contribution in [0.25, 0.3) is 0 Å². The second kappa shape index (κ2) is 15.1. The highest BCUT2D eigenvalue weighted by molar-refractivity contribution is 6.01. The Morgan fingerprint density at radius 3 is 2.39 bits per heavy atom. The van der Waals surface area contributed by atoms with Gasteiger partial charge in [0.25, 0.3) is 0 Å². The van der Waals surface area contributed by atoms with E-state index < -0.39 is 18.3 Å². The van der Waals surface area contributed by atoms with Gasteiger partial charge in [0, 0.05) is 17.9 Å². The Labute approximate surface area is 239 Å². The van der Waals surface area contributed by atoms with Crippen LogP contribution >= 0.6 is 0 Å². The molecule has 0 aliphatic heterocycles. The molecule has 0 spiro atoms. The molecule has 3 rings (SSSR count). The number of hydrogen-bond acceptors (Lipinski definition) is 8. The van der Waals surface area contributed by atoms with Crippen molar-refractivity contribution in [1.29, 1.82) is 0 Å². The van der Waals surface area contributed by atoms with E-state index in [0.29, 0.717) is 47.6 Å². The third kappa shape index (κ3) is 9.11. The predicted octanol–water partition coefficient (Wildman–Crippen LogP) is 5.86. The summed E-state index contributed by atoms with van der Waals surface area (Å²) in [5.41, 5.74) is 8.30. The second-order valence-electron chi connectivity index (χ2n) is 9.07. The molecule has 0 aromatic heterocycles. The van der Waals surface area contributed by atoms with Crippen molar-refractivity contribution in [2.75, 3.05) is 30.1 Å². The van der Waals surface area contributed by atoms with Crippen LogP contribution in [-0.4, -0.2) is 42.7 Å². The number of para-hydroxylation sites is 2. The topological polar surface area (TPSA) is 149 Å². The molecule has 0 bridgehead atoms. The minimum absolute atomic E-state index is 0.0891. The minimum atomic E-state index is -0.908. The number of ketones is 1. The Kier molecular flexibility index (Phi) is 11.3. The summed E-state index contributed by atoms with van der Waals surface area (Å²) in [6, 6.07) is 18.1. The van der Waals surface area contributed by atoms with Crippen molar-refractivity contribution in [3.63, 3.8) is 0 Å². The van der Waals surface area contributed by atoms with E-state index >= 15 is 0 Å². The lowest BCUT2D eigenvalue weighted by atomic mass is 9.99. The standard InChI is InChI=1S/C31H35N3O7/c1-4-40-28(11-7-8-12-29(37)34-25-10-6-5-9-24(25)32)30(22-15-18-27(39-3)26(36)19-22)41-31(38)33-23-16-13-21(14-17-23)20(2)35/h5-6,8-10,12-19,28,30,36H,4,7,11,32H2,1-3H3,(H,33,38)(H,34,37)/b12-8+/t28-,30-/m0/s1. The molecule has 2 amide bonds. The molecule has 0 aliphatic carbocycles. The summed E-state index contributed by atoms with van der Waals surface area (Å²) in [5, 5.41) is 15.8. The number of methoxy groups -OCH3 is 1. The number of hydrogen-bond donors (Lipinski definition) is 4. The molecular weight excluding hydrogens is 526 g/mol. The zero-order valence-corrected chi connectivity index (χ0v) is 23.3. The Bertz CT molecular complexity index is 1370. The lowest BCUT2D eigenvalue weighted by Gasteiger charge is -2.27. The maximum absolute atomic E-state index is 12.9. The number of ether oxygens (including phenoxy) is 3. The summed E-state index contributed by atoms with van der Waals surface area (Å²) in [5.74, 6) is -0.276. The van der Waals surface area contributed by atoms with E-state index in [2.05, 4.69) is 10.6 Å². The molecule has 216 valence electrons.